The number of piperidine rings is 1. The average Bonchev–Trinajstić information content (AvgIpc) is 2.15. The molecular formula is C11H22N2O. The van der Waals surface area contributed by atoms with Gasteiger partial charge in [0.15, 0.2) is 0 Å². The minimum atomic E-state index is 0.183. The molecule has 0 atom stereocenters. The van der Waals surface area contributed by atoms with Crippen molar-refractivity contribution in [3.63, 3.8) is 0 Å². The molecule has 0 radical (unpaired) electrons. The average molecular weight is 198 g/mol. The lowest BCUT2D eigenvalue weighted by Gasteiger charge is -2.38. The van der Waals surface area contributed by atoms with Gasteiger partial charge in [-0.15, -0.1) is 0 Å². The van der Waals surface area contributed by atoms with Gasteiger partial charge in [0.1, 0.15) is 0 Å². The van der Waals surface area contributed by atoms with Gasteiger partial charge in [0.05, 0.1) is 0 Å². The molecule has 1 rings (SSSR count). The van der Waals surface area contributed by atoms with Crippen LogP contribution in [-0.4, -0.2) is 42.5 Å². The monoisotopic (exact) mass is 198 g/mol. The summed E-state index contributed by atoms with van der Waals surface area (Å²) in [5, 5.41) is 0. The van der Waals surface area contributed by atoms with Crippen LogP contribution in [0.4, 0.5) is 4.79 Å². The highest BCUT2D eigenvalue weighted by Gasteiger charge is 2.28. The van der Waals surface area contributed by atoms with Crippen LogP contribution in [0, 0.1) is 5.41 Å². The fraction of sp³-hybridized carbons (Fsp3) is 0.909. The predicted octanol–water partition coefficient (Wildman–Crippen LogP) is 2.18. The van der Waals surface area contributed by atoms with Gasteiger partial charge in [0.2, 0.25) is 0 Å². The maximum Gasteiger partial charge on any atom is 0.319 e. The van der Waals surface area contributed by atoms with E-state index < -0.39 is 0 Å². The molecule has 1 saturated heterocycles. The molecule has 0 saturated carbocycles. The molecule has 3 heteroatoms. The van der Waals surface area contributed by atoms with Crippen molar-refractivity contribution in [1.29, 1.82) is 0 Å². The minimum absolute atomic E-state index is 0.183. The van der Waals surface area contributed by atoms with E-state index in [1.807, 2.05) is 18.9 Å². The van der Waals surface area contributed by atoms with E-state index in [1.54, 1.807) is 4.90 Å². The molecule has 0 aromatic carbocycles. The first-order valence-electron chi connectivity index (χ1n) is 5.46. The van der Waals surface area contributed by atoms with Crippen molar-refractivity contribution in [3.8, 4) is 0 Å². The molecule has 2 amide bonds. The van der Waals surface area contributed by atoms with Gasteiger partial charge in [0, 0.05) is 26.7 Å². The quantitative estimate of drug-likeness (QED) is 0.633. The summed E-state index contributed by atoms with van der Waals surface area (Å²) in [6.45, 7) is 9.17. The molecule has 0 aromatic rings. The Bertz CT molecular complexity index is 203. The van der Waals surface area contributed by atoms with Gasteiger partial charge in [-0.2, -0.15) is 0 Å². The molecule has 0 spiro atoms. The Kier molecular flexibility index (Phi) is 3.40. The van der Waals surface area contributed by atoms with Crippen molar-refractivity contribution in [2.24, 2.45) is 5.41 Å². The second-order valence-electron chi connectivity index (χ2n) is 4.95. The first-order chi connectivity index (χ1) is 6.46. The molecule has 1 aliphatic rings. The molecule has 1 heterocycles. The summed E-state index contributed by atoms with van der Waals surface area (Å²) >= 11 is 0. The third-order valence-electron chi connectivity index (χ3n) is 3.19. The zero-order chi connectivity index (χ0) is 10.8. The van der Waals surface area contributed by atoms with Crippen LogP contribution in [0.3, 0.4) is 0 Å². The van der Waals surface area contributed by atoms with E-state index in [1.165, 1.54) is 0 Å². The summed E-state index contributed by atoms with van der Waals surface area (Å²) in [5.74, 6) is 0. The Morgan fingerprint density at radius 2 is 1.86 bits per heavy atom. The number of nitrogens with zero attached hydrogens (tertiary/aromatic N) is 2. The number of hydrogen-bond acceptors (Lipinski definition) is 1. The van der Waals surface area contributed by atoms with E-state index in [9.17, 15) is 4.79 Å². The Morgan fingerprint density at radius 3 is 2.29 bits per heavy atom. The lowest BCUT2D eigenvalue weighted by atomic mass is 9.83. The van der Waals surface area contributed by atoms with Gasteiger partial charge in [-0.25, -0.2) is 4.79 Å². The third-order valence-corrected chi connectivity index (χ3v) is 3.19. The van der Waals surface area contributed by atoms with E-state index in [0.717, 1.165) is 32.5 Å². The normalized spacial score (nSPS) is 20.7. The Morgan fingerprint density at radius 1 is 1.36 bits per heavy atom. The summed E-state index contributed by atoms with van der Waals surface area (Å²) in [5.41, 5.74) is 0.418. The predicted molar refractivity (Wildman–Crippen MR) is 58.3 cm³/mol. The molecule has 0 aromatic heterocycles. The first-order valence-corrected chi connectivity index (χ1v) is 5.46. The van der Waals surface area contributed by atoms with E-state index in [4.69, 9.17) is 0 Å². The summed E-state index contributed by atoms with van der Waals surface area (Å²) in [7, 11) is 1.86. The van der Waals surface area contributed by atoms with E-state index in [0.29, 0.717) is 5.41 Å². The van der Waals surface area contributed by atoms with Gasteiger partial charge in [-0.1, -0.05) is 13.8 Å². The number of likely N-dealkylation sites (tertiary alicyclic amines) is 1. The summed E-state index contributed by atoms with van der Waals surface area (Å²) in [6.07, 6.45) is 2.24. The highest BCUT2D eigenvalue weighted by molar-refractivity contribution is 5.74. The molecular weight excluding hydrogens is 176 g/mol. The topological polar surface area (TPSA) is 23.6 Å². The summed E-state index contributed by atoms with van der Waals surface area (Å²) in [4.78, 5) is 15.5. The SMILES string of the molecule is CCN(C)C(=O)N1CCC(C)(C)CC1. The molecule has 14 heavy (non-hydrogen) atoms. The van der Waals surface area contributed by atoms with E-state index >= 15 is 0 Å². The molecule has 0 bridgehead atoms. The van der Waals surface area contributed by atoms with Crippen molar-refractivity contribution >= 4 is 6.03 Å². The fourth-order valence-electron chi connectivity index (χ4n) is 1.68. The van der Waals surface area contributed by atoms with Crippen LogP contribution in [0.15, 0.2) is 0 Å². The lowest BCUT2D eigenvalue weighted by Crippen LogP contribution is -2.46. The number of carbonyl (C=O) groups is 1. The van der Waals surface area contributed by atoms with Crippen LogP contribution in [-0.2, 0) is 0 Å². The second kappa shape index (κ2) is 4.20. The molecule has 0 N–H and O–H groups in total. The largest absolute Gasteiger partial charge is 0.328 e. The van der Waals surface area contributed by atoms with Crippen molar-refractivity contribution < 1.29 is 4.79 Å². The van der Waals surface area contributed by atoms with Crippen LogP contribution in [0.1, 0.15) is 33.6 Å². The van der Waals surface area contributed by atoms with Crippen molar-refractivity contribution in [2.75, 3.05) is 26.7 Å². The molecule has 82 valence electrons. The van der Waals surface area contributed by atoms with E-state index in [2.05, 4.69) is 13.8 Å². The van der Waals surface area contributed by atoms with Gasteiger partial charge in [-0.3, -0.25) is 0 Å². The van der Waals surface area contributed by atoms with Gasteiger partial charge in [0.25, 0.3) is 0 Å². The molecule has 1 aliphatic heterocycles. The summed E-state index contributed by atoms with van der Waals surface area (Å²) < 4.78 is 0. The van der Waals surface area contributed by atoms with E-state index in [-0.39, 0.29) is 6.03 Å². The third kappa shape index (κ3) is 2.63. The second-order valence-corrected chi connectivity index (χ2v) is 4.95. The number of carbonyl (C=O) groups excluding carboxylic acids is 1. The van der Waals surface area contributed by atoms with Crippen LogP contribution in [0.5, 0.6) is 0 Å². The van der Waals surface area contributed by atoms with Crippen LogP contribution >= 0.6 is 0 Å². The highest BCUT2D eigenvalue weighted by Crippen LogP contribution is 2.29. The van der Waals surface area contributed by atoms with Gasteiger partial charge in [-0.05, 0) is 25.2 Å². The number of rotatable bonds is 1. The van der Waals surface area contributed by atoms with Crippen LogP contribution in [0.25, 0.3) is 0 Å². The zero-order valence-electron chi connectivity index (χ0n) is 9.84. The van der Waals surface area contributed by atoms with Crippen molar-refractivity contribution in [3.05, 3.63) is 0 Å². The molecule has 0 aliphatic carbocycles. The maximum absolute atomic E-state index is 11.8. The molecule has 1 fully saturated rings. The standard InChI is InChI=1S/C11H22N2O/c1-5-12(4)10(14)13-8-6-11(2,3)7-9-13/h5-9H2,1-4H3. The minimum Gasteiger partial charge on any atom is -0.328 e. The van der Waals surface area contributed by atoms with Crippen LogP contribution in [0.2, 0.25) is 0 Å². The lowest BCUT2D eigenvalue weighted by molar-refractivity contribution is 0.119. The van der Waals surface area contributed by atoms with Gasteiger partial charge < -0.3 is 9.80 Å². The number of hydrogen-bond donors (Lipinski definition) is 0. The first kappa shape index (κ1) is 11.3. The Balaban J connectivity index is 2.46. The van der Waals surface area contributed by atoms with Crippen molar-refractivity contribution in [2.45, 2.75) is 33.6 Å². The summed E-state index contributed by atoms with van der Waals surface area (Å²) in [6, 6.07) is 0.183. The highest BCUT2D eigenvalue weighted by atomic mass is 16.2. The fourth-order valence-corrected chi connectivity index (χ4v) is 1.68. The Hall–Kier alpha value is -0.730. The smallest absolute Gasteiger partial charge is 0.319 e. The molecule has 0 unspecified atom stereocenters. The number of urea groups is 1. The van der Waals surface area contributed by atoms with Crippen LogP contribution < -0.4 is 0 Å². The maximum atomic E-state index is 11.8. The Labute approximate surface area is 87.1 Å². The molecule has 3 nitrogen and oxygen atoms in total. The number of amides is 2. The van der Waals surface area contributed by atoms with Crippen molar-refractivity contribution in [1.82, 2.24) is 9.80 Å². The zero-order valence-corrected chi connectivity index (χ0v) is 9.84. The van der Waals surface area contributed by atoms with Gasteiger partial charge >= 0.3 is 6.03 Å².